The van der Waals surface area contributed by atoms with Crippen LogP contribution in [-0.4, -0.2) is 23.6 Å². The highest BCUT2D eigenvalue weighted by molar-refractivity contribution is 7.92. The van der Waals surface area contributed by atoms with Crippen LogP contribution >= 0.6 is 11.6 Å². The maximum Gasteiger partial charge on any atom is 0.266 e. The Hall–Kier alpha value is -1.60. The van der Waals surface area contributed by atoms with E-state index in [1.165, 1.54) is 18.5 Å². The van der Waals surface area contributed by atoms with E-state index in [1.54, 1.807) is 12.1 Å². The van der Waals surface area contributed by atoms with Crippen molar-refractivity contribution < 1.29 is 8.42 Å². The number of sulfonamides is 1. The third kappa shape index (κ3) is 2.31. The molecule has 2 rings (SSSR count). The molecule has 16 heavy (non-hydrogen) atoms. The van der Waals surface area contributed by atoms with E-state index in [1.807, 2.05) is 0 Å². The predicted molar refractivity (Wildman–Crippen MR) is 58.6 cm³/mol. The van der Waals surface area contributed by atoms with Crippen LogP contribution in [0.2, 0.25) is 5.15 Å². The molecule has 0 spiro atoms. The third-order valence-electron chi connectivity index (χ3n) is 1.74. The second-order valence-corrected chi connectivity index (χ2v) is 4.95. The Bertz CT molecular complexity index is 582. The second-order valence-electron chi connectivity index (χ2n) is 2.89. The van der Waals surface area contributed by atoms with Crippen molar-refractivity contribution >= 4 is 27.4 Å². The van der Waals surface area contributed by atoms with Gasteiger partial charge >= 0.3 is 0 Å². The number of nitrogens with zero attached hydrogens (tertiary/aromatic N) is 2. The van der Waals surface area contributed by atoms with E-state index < -0.39 is 10.0 Å². The number of halogens is 1. The molecule has 0 atom stereocenters. The van der Waals surface area contributed by atoms with Crippen molar-refractivity contribution in [1.82, 2.24) is 15.2 Å². The van der Waals surface area contributed by atoms with Gasteiger partial charge in [-0.15, -0.1) is 0 Å². The summed E-state index contributed by atoms with van der Waals surface area (Å²) in [6, 6.07) is 4.66. The Labute approximate surface area is 96.7 Å². The Balaban J connectivity index is 2.29. The van der Waals surface area contributed by atoms with E-state index in [-0.39, 0.29) is 15.9 Å². The van der Waals surface area contributed by atoms with Gasteiger partial charge in [-0.2, -0.15) is 5.10 Å². The number of anilines is 1. The minimum atomic E-state index is -3.65. The van der Waals surface area contributed by atoms with Gasteiger partial charge in [-0.3, -0.25) is 9.82 Å². The lowest BCUT2D eigenvalue weighted by Gasteiger charge is -2.04. The zero-order chi connectivity index (χ0) is 11.6. The van der Waals surface area contributed by atoms with Gasteiger partial charge in [-0.25, -0.2) is 13.4 Å². The fourth-order valence-corrected chi connectivity index (χ4v) is 2.12. The number of aromatic amines is 1. The standard InChI is InChI=1S/C8H7ClN4O2S/c9-7-2-1-3-8(12-7)13-16(14,15)6-4-10-11-5-6/h1-5H,(H,10,11)(H,12,13). The van der Waals surface area contributed by atoms with Crippen molar-refractivity contribution in [2.75, 3.05) is 4.72 Å². The summed E-state index contributed by atoms with van der Waals surface area (Å²) in [6.07, 6.45) is 2.47. The van der Waals surface area contributed by atoms with Crippen LogP contribution in [0.5, 0.6) is 0 Å². The fraction of sp³-hybridized carbons (Fsp3) is 0. The molecule has 8 heteroatoms. The summed E-state index contributed by atoms with van der Waals surface area (Å²) in [7, 11) is -3.65. The minimum absolute atomic E-state index is 0.0364. The monoisotopic (exact) mass is 258 g/mol. The highest BCUT2D eigenvalue weighted by atomic mass is 35.5. The molecule has 2 heterocycles. The molecule has 0 saturated heterocycles. The zero-order valence-electron chi connectivity index (χ0n) is 7.88. The molecule has 2 aromatic rings. The number of pyridine rings is 1. The van der Waals surface area contributed by atoms with Crippen LogP contribution in [0.15, 0.2) is 35.5 Å². The number of rotatable bonds is 3. The van der Waals surface area contributed by atoms with E-state index in [0.29, 0.717) is 0 Å². The summed E-state index contributed by atoms with van der Waals surface area (Å²) >= 11 is 5.63. The lowest BCUT2D eigenvalue weighted by Crippen LogP contribution is -2.13. The van der Waals surface area contributed by atoms with Crippen LogP contribution in [0, 0.1) is 0 Å². The average molecular weight is 259 g/mol. The Morgan fingerprint density at radius 3 is 2.81 bits per heavy atom. The molecule has 6 nitrogen and oxygen atoms in total. The number of aromatic nitrogens is 3. The highest BCUT2D eigenvalue weighted by Crippen LogP contribution is 2.14. The van der Waals surface area contributed by atoms with Crippen LogP contribution in [0.1, 0.15) is 0 Å². The summed E-state index contributed by atoms with van der Waals surface area (Å²) < 4.78 is 25.7. The van der Waals surface area contributed by atoms with Gasteiger partial charge in [0, 0.05) is 6.20 Å². The lowest BCUT2D eigenvalue weighted by atomic mass is 10.5. The number of nitrogens with one attached hydrogen (secondary N) is 2. The minimum Gasteiger partial charge on any atom is -0.284 e. The molecule has 0 amide bonds. The highest BCUT2D eigenvalue weighted by Gasteiger charge is 2.15. The Kier molecular flexibility index (Phi) is 2.80. The van der Waals surface area contributed by atoms with Gasteiger partial charge in [0.25, 0.3) is 10.0 Å². The van der Waals surface area contributed by atoms with E-state index in [0.717, 1.165) is 0 Å². The molecule has 2 N–H and O–H groups in total. The zero-order valence-corrected chi connectivity index (χ0v) is 9.46. The van der Waals surface area contributed by atoms with Gasteiger partial charge < -0.3 is 0 Å². The van der Waals surface area contributed by atoms with Crippen LogP contribution in [-0.2, 0) is 10.0 Å². The first-order valence-corrected chi connectivity index (χ1v) is 6.08. The first-order valence-electron chi connectivity index (χ1n) is 4.22. The number of H-pyrrole nitrogens is 1. The van der Waals surface area contributed by atoms with Crippen molar-refractivity contribution in [3.8, 4) is 0 Å². The third-order valence-corrected chi connectivity index (χ3v) is 3.27. The topological polar surface area (TPSA) is 87.7 Å². The summed E-state index contributed by atoms with van der Waals surface area (Å²) in [5.41, 5.74) is 0. The molecule has 0 aromatic carbocycles. The van der Waals surface area contributed by atoms with Gasteiger partial charge in [0.05, 0.1) is 6.20 Å². The van der Waals surface area contributed by atoms with E-state index in [2.05, 4.69) is 19.9 Å². The van der Waals surface area contributed by atoms with Crippen LogP contribution in [0.4, 0.5) is 5.82 Å². The van der Waals surface area contributed by atoms with Gasteiger partial charge in [0.15, 0.2) is 0 Å². The predicted octanol–water partition coefficient (Wildman–Crippen LogP) is 1.26. The Morgan fingerprint density at radius 1 is 1.38 bits per heavy atom. The Morgan fingerprint density at radius 2 is 2.19 bits per heavy atom. The second kappa shape index (κ2) is 4.11. The van der Waals surface area contributed by atoms with Gasteiger partial charge in [-0.1, -0.05) is 17.7 Å². The van der Waals surface area contributed by atoms with E-state index in [9.17, 15) is 8.42 Å². The quantitative estimate of drug-likeness (QED) is 0.812. The first-order chi connectivity index (χ1) is 7.58. The van der Waals surface area contributed by atoms with E-state index >= 15 is 0 Å². The summed E-state index contributed by atoms with van der Waals surface area (Å²) in [6.45, 7) is 0. The number of hydrogen-bond donors (Lipinski definition) is 2. The van der Waals surface area contributed by atoms with Crippen molar-refractivity contribution in [3.05, 3.63) is 35.7 Å². The molecule has 0 fully saturated rings. The molecular formula is C8H7ClN4O2S. The molecular weight excluding hydrogens is 252 g/mol. The molecule has 0 aliphatic heterocycles. The molecule has 0 bridgehead atoms. The molecule has 2 aromatic heterocycles. The maximum atomic E-state index is 11.7. The number of hydrogen-bond acceptors (Lipinski definition) is 4. The van der Waals surface area contributed by atoms with Crippen molar-refractivity contribution in [2.24, 2.45) is 0 Å². The van der Waals surface area contributed by atoms with Gasteiger partial charge in [-0.05, 0) is 12.1 Å². The normalized spacial score (nSPS) is 11.3. The average Bonchev–Trinajstić information content (AvgIpc) is 2.69. The molecule has 0 unspecified atom stereocenters. The maximum absolute atomic E-state index is 11.7. The molecule has 0 aliphatic carbocycles. The van der Waals surface area contributed by atoms with Crippen molar-refractivity contribution in [3.63, 3.8) is 0 Å². The van der Waals surface area contributed by atoms with Gasteiger partial charge in [0.1, 0.15) is 15.9 Å². The molecule has 84 valence electrons. The lowest BCUT2D eigenvalue weighted by molar-refractivity contribution is 0.601. The first kappa shape index (κ1) is 10.9. The van der Waals surface area contributed by atoms with Crippen LogP contribution in [0.25, 0.3) is 0 Å². The van der Waals surface area contributed by atoms with Crippen LogP contribution < -0.4 is 4.72 Å². The summed E-state index contributed by atoms with van der Waals surface area (Å²) in [4.78, 5) is 3.85. The SMILES string of the molecule is O=S(=O)(Nc1cccc(Cl)n1)c1cn[nH]c1. The van der Waals surface area contributed by atoms with Gasteiger partial charge in [0.2, 0.25) is 0 Å². The van der Waals surface area contributed by atoms with Crippen molar-refractivity contribution in [1.29, 1.82) is 0 Å². The summed E-state index contributed by atoms with van der Waals surface area (Å²) in [5.74, 6) is 0.161. The largest absolute Gasteiger partial charge is 0.284 e. The smallest absolute Gasteiger partial charge is 0.266 e. The molecule has 0 radical (unpaired) electrons. The van der Waals surface area contributed by atoms with Crippen molar-refractivity contribution in [2.45, 2.75) is 4.90 Å². The molecule has 0 aliphatic rings. The molecule has 0 saturated carbocycles. The fourth-order valence-electron chi connectivity index (χ4n) is 1.05. The summed E-state index contributed by atoms with van der Waals surface area (Å²) in [5, 5.41) is 6.19. The van der Waals surface area contributed by atoms with Crippen LogP contribution in [0.3, 0.4) is 0 Å². The van der Waals surface area contributed by atoms with E-state index in [4.69, 9.17) is 11.6 Å².